The highest BCUT2D eigenvalue weighted by Crippen LogP contribution is 2.40. The molecule has 2 N–H and O–H groups in total. The van der Waals surface area contributed by atoms with Crippen LogP contribution < -0.4 is 0 Å². The van der Waals surface area contributed by atoms with Crippen molar-refractivity contribution in [2.45, 2.75) is 26.7 Å². The highest BCUT2D eigenvalue weighted by molar-refractivity contribution is 7.51. The molecule has 0 unspecified atom stereocenters. The van der Waals surface area contributed by atoms with Gasteiger partial charge >= 0.3 is 7.60 Å². The molecule has 0 atom stereocenters. The quantitative estimate of drug-likeness (QED) is 0.486. The topological polar surface area (TPSA) is 85.2 Å². The minimum absolute atomic E-state index is 0.250. The first-order valence-electron chi connectivity index (χ1n) is 4.85. The zero-order valence-electron chi connectivity index (χ0n) is 9.30. The normalized spacial score (nSPS) is 13.1. The number of rotatable bonds is 8. The Morgan fingerprint density at radius 2 is 1.33 bits per heavy atom. The molecule has 0 amide bonds. The molecule has 0 spiro atoms. The second-order valence-corrected chi connectivity index (χ2v) is 4.45. The van der Waals surface area contributed by atoms with E-state index in [4.69, 9.17) is 24.0 Å². The van der Waals surface area contributed by atoms with Gasteiger partial charge < -0.3 is 24.0 Å². The van der Waals surface area contributed by atoms with Gasteiger partial charge in [-0.1, -0.05) is 0 Å². The number of hydrogen-bond donors (Lipinski definition) is 2. The molecule has 0 aliphatic heterocycles. The summed E-state index contributed by atoms with van der Waals surface area (Å²) in [4.78, 5) is 17.8. The van der Waals surface area contributed by atoms with Crippen LogP contribution in [0, 0.1) is 0 Å². The van der Waals surface area contributed by atoms with E-state index in [0.717, 1.165) is 0 Å². The maximum Gasteiger partial charge on any atom is 0.333 e. The number of ether oxygens (including phenoxy) is 3. The van der Waals surface area contributed by atoms with Crippen LogP contribution in [0.2, 0.25) is 0 Å². The lowest BCUT2D eigenvalue weighted by molar-refractivity contribution is -0.364. The molecule has 7 heteroatoms. The van der Waals surface area contributed by atoms with Gasteiger partial charge in [0.25, 0.3) is 5.97 Å². The largest absolute Gasteiger partial charge is 0.333 e. The Hall–Kier alpha value is 0.0300. The van der Waals surface area contributed by atoms with Gasteiger partial charge in [0, 0.05) is 19.8 Å². The first-order valence-corrected chi connectivity index (χ1v) is 6.65. The lowest BCUT2D eigenvalue weighted by Gasteiger charge is -2.32. The van der Waals surface area contributed by atoms with E-state index in [1.54, 1.807) is 20.8 Å². The third kappa shape index (κ3) is 6.25. The maximum absolute atomic E-state index is 10.9. The summed E-state index contributed by atoms with van der Waals surface area (Å²) in [7, 11) is -4.25. The van der Waals surface area contributed by atoms with Crippen LogP contribution in [-0.4, -0.2) is 41.7 Å². The fourth-order valence-corrected chi connectivity index (χ4v) is 1.95. The first kappa shape index (κ1) is 15.0. The SMILES string of the molecule is CCOC(CP(=O)(O)O)(OCC)OCC. The van der Waals surface area contributed by atoms with Gasteiger partial charge in [0.05, 0.1) is 0 Å². The summed E-state index contributed by atoms with van der Waals surface area (Å²) in [5.41, 5.74) is 0. The second kappa shape index (κ2) is 6.58. The summed E-state index contributed by atoms with van der Waals surface area (Å²) in [6, 6.07) is 0. The van der Waals surface area contributed by atoms with Gasteiger partial charge in [-0.3, -0.25) is 4.57 Å². The van der Waals surface area contributed by atoms with Crippen LogP contribution in [-0.2, 0) is 18.8 Å². The smallest absolute Gasteiger partial charge is 0.327 e. The van der Waals surface area contributed by atoms with Crippen molar-refractivity contribution in [1.82, 2.24) is 0 Å². The lowest BCUT2D eigenvalue weighted by atomic mass is 10.6. The third-order valence-electron chi connectivity index (χ3n) is 1.49. The minimum Gasteiger partial charge on any atom is -0.327 e. The van der Waals surface area contributed by atoms with Gasteiger partial charge in [0.15, 0.2) is 0 Å². The van der Waals surface area contributed by atoms with Crippen molar-refractivity contribution >= 4 is 7.60 Å². The van der Waals surface area contributed by atoms with Gasteiger partial charge in [-0.15, -0.1) is 0 Å². The van der Waals surface area contributed by atoms with E-state index >= 15 is 0 Å². The van der Waals surface area contributed by atoms with Crippen molar-refractivity contribution in [3.63, 3.8) is 0 Å². The Kier molecular flexibility index (Phi) is 6.59. The van der Waals surface area contributed by atoms with Crippen LogP contribution in [0.25, 0.3) is 0 Å². The van der Waals surface area contributed by atoms with E-state index < -0.39 is 19.7 Å². The molecule has 6 nitrogen and oxygen atoms in total. The molecule has 0 aromatic rings. The van der Waals surface area contributed by atoms with E-state index in [0.29, 0.717) is 0 Å². The van der Waals surface area contributed by atoms with Gasteiger partial charge in [0.1, 0.15) is 6.16 Å². The summed E-state index contributed by atoms with van der Waals surface area (Å²) in [6.45, 7) is 5.85. The Bertz CT molecular complexity index is 196. The molecule has 0 fully saturated rings. The van der Waals surface area contributed by atoms with Crippen LogP contribution in [0.5, 0.6) is 0 Å². The van der Waals surface area contributed by atoms with Crippen molar-refractivity contribution in [2.24, 2.45) is 0 Å². The van der Waals surface area contributed by atoms with E-state index in [1.165, 1.54) is 0 Å². The number of hydrogen-bond acceptors (Lipinski definition) is 4. The third-order valence-corrected chi connectivity index (χ3v) is 2.29. The molecule has 0 heterocycles. The fourth-order valence-electron chi connectivity index (χ4n) is 1.17. The summed E-state index contributed by atoms with van der Waals surface area (Å²) in [6.07, 6.45) is -0.602. The minimum atomic E-state index is -4.25. The average molecular weight is 242 g/mol. The zero-order valence-corrected chi connectivity index (χ0v) is 10.2. The van der Waals surface area contributed by atoms with E-state index in [1.807, 2.05) is 0 Å². The van der Waals surface area contributed by atoms with Gasteiger partial charge in [-0.25, -0.2) is 0 Å². The Morgan fingerprint density at radius 3 is 1.53 bits per heavy atom. The maximum atomic E-state index is 10.9. The van der Waals surface area contributed by atoms with Gasteiger partial charge in [-0.05, 0) is 20.8 Å². The van der Waals surface area contributed by atoms with E-state index in [9.17, 15) is 4.57 Å². The van der Waals surface area contributed by atoms with Crippen LogP contribution in [0.1, 0.15) is 20.8 Å². The molecule has 0 bridgehead atoms. The summed E-state index contributed by atoms with van der Waals surface area (Å²) in [5.74, 6) is -1.63. The van der Waals surface area contributed by atoms with Crippen molar-refractivity contribution in [3.8, 4) is 0 Å². The second-order valence-electron chi connectivity index (χ2n) is 2.80. The molecule has 92 valence electrons. The van der Waals surface area contributed by atoms with Crippen LogP contribution in [0.15, 0.2) is 0 Å². The summed E-state index contributed by atoms with van der Waals surface area (Å²) < 4.78 is 26.4. The molecular formula is C8H19O6P. The summed E-state index contributed by atoms with van der Waals surface area (Å²) >= 11 is 0. The molecule has 0 radical (unpaired) electrons. The average Bonchev–Trinajstić information content (AvgIpc) is 2.01. The van der Waals surface area contributed by atoms with Crippen molar-refractivity contribution < 1.29 is 28.6 Å². The van der Waals surface area contributed by atoms with Gasteiger partial charge in [-0.2, -0.15) is 0 Å². The standard InChI is InChI=1S/C8H19O6P/c1-4-12-8(13-5-2,14-6-3)7-15(9,10)11/h4-7H2,1-3H3,(H2,9,10,11). The summed E-state index contributed by atoms with van der Waals surface area (Å²) in [5, 5.41) is 0. The van der Waals surface area contributed by atoms with Gasteiger partial charge in [0.2, 0.25) is 0 Å². The molecule has 0 aromatic heterocycles. The predicted octanol–water partition coefficient (Wildman–Crippen LogP) is 0.927. The molecule has 0 saturated carbocycles. The molecule has 0 aromatic carbocycles. The fraction of sp³-hybridized carbons (Fsp3) is 1.00. The van der Waals surface area contributed by atoms with Crippen LogP contribution in [0.3, 0.4) is 0 Å². The molecule has 0 saturated heterocycles. The highest BCUT2D eigenvalue weighted by atomic mass is 31.2. The molecule has 0 aliphatic rings. The lowest BCUT2D eigenvalue weighted by Crippen LogP contribution is -2.43. The predicted molar refractivity (Wildman–Crippen MR) is 54.5 cm³/mol. The molecular weight excluding hydrogens is 223 g/mol. The molecule has 15 heavy (non-hydrogen) atoms. The Balaban J connectivity index is 4.67. The molecule has 0 aliphatic carbocycles. The monoisotopic (exact) mass is 242 g/mol. The zero-order chi connectivity index (χ0) is 11.9. The highest BCUT2D eigenvalue weighted by Gasteiger charge is 2.40. The van der Waals surface area contributed by atoms with Crippen molar-refractivity contribution in [2.75, 3.05) is 26.0 Å². The van der Waals surface area contributed by atoms with Crippen LogP contribution >= 0.6 is 7.60 Å². The van der Waals surface area contributed by atoms with E-state index in [2.05, 4.69) is 0 Å². The van der Waals surface area contributed by atoms with Crippen molar-refractivity contribution in [3.05, 3.63) is 0 Å². The van der Waals surface area contributed by atoms with Crippen molar-refractivity contribution in [1.29, 1.82) is 0 Å². The Labute approximate surface area is 89.7 Å². The van der Waals surface area contributed by atoms with E-state index in [-0.39, 0.29) is 19.8 Å². The molecule has 0 rings (SSSR count). The van der Waals surface area contributed by atoms with Crippen LogP contribution in [0.4, 0.5) is 0 Å². The Morgan fingerprint density at radius 1 is 1.00 bits per heavy atom. The first-order chi connectivity index (χ1) is 6.89.